The molecule has 1 aromatic rings. The summed E-state index contributed by atoms with van der Waals surface area (Å²) in [5, 5.41) is 5.66. The number of nitrogens with two attached hydrogens (primary N) is 1. The monoisotopic (exact) mass is 291 g/mol. The van der Waals surface area contributed by atoms with Crippen LogP contribution in [0, 0.1) is 5.92 Å². The molecule has 0 aliphatic heterocycles. The van der Waals surface area contributed by atoms with Crippen LogP contribution in [0.3, 0.4) is 0 Å². The third-order valence-corrected chi connectivity index (χ3v) is 3.76. The van der Waals surface area contributed by atoms with E-state index in [-0.39, 0.29) is 18.3 Å². The Morgan fingerprint density at radius 1 is 1.50 bits per heavy atom. The third-order valence-electron chi connectivity index (χ3n) is 2.85. The minimum Gasteiger partial charge on any atom is -0.350 e. The van der Waals surface area contributed by atoms with Crippen LogP contribution in [0.5, 0.6) is 0 Å². The molecule has 0 bridgehead atoms. The second kappa shape index (κ2) is 9.30. The second-order valence-corrected chi connectivity index (χ2v) is 5.00. The summed E-state index contributed by atoms with van der Waals surface area (Å²) in [6, 6.07) is 0. The number of amides is 1. The zero-order valence-electron chi connectivity index (χ0n) is 10.9. The summed E-state index contributed by atoms with van der Waals surface area (Å²) in [7, 11) is 0. The van der Waals surface area contributed by atoms with Crippen LogP contribution in [0.4, 0.5) is 0 Å². The molecule has 1 heterocycles. The molecule has 0 spiro atoms. The van der Waals surface area contributed by atoms with E-state index in [9.17, 15) is 4.79 Å². The van der Waals surface area contributed by atoms with Crippen LogP contribution >= 0.6 is 23.7 Å². The van der Waals surface area contributed by atoms with Crippen molar-refractivity contribution in [3.8, 4) is 0 Å². The van der Waals surface area contributed by atoms with Gasteiger partial charge >= 0.3 is 0 Å². The van der Waals surface area contributed by atoms with E-state index < -0.39 is 0 Å². The molecule has 0 radical (unpaired) electrons. The van der Waals surface area contributed by atoms with Crippen LogP contribution in [-0.4, -0.2) is 24.0 Å². The Morgan fingerprint density at radius 3 is 2.72 bits per heavy atom. The SMILES string of the molecule is CCC(CC)CNC(=O)c1csc(CCN)n1.Cl. The number of nitrogens with one attached hydrogen (secondary N) is 1. The van der Waals surface area contributed by atoms with Gasteiger partial charge in [-0.1, -0.05) is 26.7 Å². The van der Waals surface area contributed by atoms with Crippen molar-refractivity contribution in [1.82, 2.24) is 10.3 Å². The summed E-state index contributed by atoms with van der Waals surface area (Å²) in [5.74, 6) is 0.484. The number of aromatic nitrogens is 1. The van der Waals surface area contributed by atoms with E-state index in [0.717, 1.165) is 30.8 Å². The molecule has 0 fully saturated rings. The summed E-state index contributed by atoms with van der Waals surface area (Å²) < 4.78 is 0. The van der Waals surface area contributed by atoms with Crippen LogP contribution in [0.15, 0.2) is 5.38 Å². The van der Waals surface area contributed by atoms with Crippen molar-refractivity contribution >= 4 is 29.7 Å². The first-order valence-corrected chi connectivity index (χ1v) is 7.01. The van der Waals surface area contributed by atoms with E-state index in [1.165, 1.54) is 11.3 Å². The molecule has 1 rings (SSSR count). The molecule has 18 heavy (non-hydrogen) atoms. The highest BCUT2D eigenvalue weighted by Crippen LogP contribution is 2.10. The summed E-state index contributed by atoms with van der Waals surface area (Å²) in [5.41, 5.74) is 5.96. The number of hydrogen-bond acceptors (Lipinski definition) is 4. The number of halogens is 1. The number of hydrogen-bond donors (Lipinski definition) is 2. The highest BCUT2D eigenvalue weighted by molar-refractivity contribution is 7.09. The minimum absolute atomic E-state index is 0. The predicted octanol–water partition coefficient (Wildman–Crippen LogP) is 2.23. The zero-order valence-corrected chi connectivity index (χ0v) is 12.6. The number of carbonyl (C=O) groups excluding carboxylic acids is 1. The largest absolute Gasteiger partial charge is 0.350 e. The average molecular weight is 292 g/mol. The van der Waals surface area contributed by atoms with E-state index in [4.69, 9.17) is 5.73 Å². The topological polar surface area (TPSA) is 68.0 Å². The Morgan fingerprint density at radius 2 is 2.17 bits per heavy atom. The van der Waals surface area contributed by atoms with Crippen LogP contribution in [0.2, 0.25) is 0 Å². The van der Waals surface area contributed by atoms with Gasteiger partial charge in [0, 0.05) is 18.3 Å². The van der Waals surface area contributed by atoms with Gasteiger partial charge in [0.05, 0.1) is 5.01 Å². The van der Waals surface area contributed by atoms with Crippen molar-refractivity contribution in [2.75, 3.05) is 13.1 Å². The molecule has 3 N–H and O–H groups in total. The Bertz CT molecular complexity index is 353. The average Bonchev–Trinajstić information content (AvgIpc) is 2.79. The van der Waals surface area contributed by atoms with E-state index in [0.29, 0.717) is 18.2 Å². The van der Waals surface area contributed by atoms with Gasteiger partial charge in [0.1, 0.15) is 5.69 Å². The van der Waals surface area contributed by atoms with Crippen molar-refractivity contribution in [2.24, 2.45) is 11.7 Å². The molecule has 0 aliphatic rings. The summed E-state index contributed by atoms with van der Waals surface area (Å²) >= 11 is 1.50. The lowest BCUT2D eigenvalue weighted by molar-refractivity contribution is 0.0942. The Hall–Kier alpha value is -0.650. The van der Waals surface area contributed by atoms with Gasteiger partial charge in [-0.15, -0.1) is 23.7 Å². The molecule has 0 aromatic carbocycles. The molecular weight excluding hydrogens is 270 g/mol. The normalized spacial score (nSPS) is 10.2. The number of carbonyl (C=O) groups is 1. The summed E-state index contributed by atoms with van der Waals surface area (Å²) in [4.78, 5) is 16.1. The van der Waals surface area contributed by atoms with Crippen molar-refractivity contribution in [1.29, 1.82) is 0 Å². The molecule has 1 amide bonds. The van der Waals surface area contributed by atoms with E-state index in [1.54, 1.807) is 5.38 Å². The highest BCUT2D eigenvalue weighted by Gasteiger charge is 2.11. The van der Waals surface area contributed by atoms with Crippen LogP contribution < -0.4 is 11.1 Å². The molecule has 0 unspecified atom stereocenters. The van der Waals surface area contributed by atoms with Gasteiger partial charge in [-0.2, -0.15) is 0 Å². The third kappa shape index (κ3) is 5.33. The van der Waals surface area contributed by atoms with Crippen molar-refractivity contribution in [2.45, 2.75) is 33.1 Å². The highest BCUT2D eigenvalue weighted by atomic mass is 35.5. The molecule has 6 heteroatoms. The minimum atomic E-state index is -0.0728. The zero-order chi connectivity index (χ0) is 12.7. The first-order chi connectivity index (χ1) is 8.21. The van der Waals surface area contributed by atoms with E-state index in [1.807, 2.05) is 0 Å². The lowest BCUT2D eigenvalue weighted by Gasteiger charge is -2.12. The maximum Gasteiger partial charge on any atom is 0.270 e. The molecule has 1 aromatic heterocycles. The maximum atomic E-state index is 11.8. The Kier molecular flexibility index (Phi) is 8.97. The molecule has 4 nitrogen and oxygen atoms in total. The van der Waals surface area contributed by atoms with Gasteiger partial charge in [-0.3, -0.25) is 4.79 Å². The molecule has 104 valence electrons. The first kappa shape index (κ1) is 17.4. The fourth-order valence-corrected chi connectivity index (χ4v) is 2.35. The molecule has 0 saturated carbocycles. The van der Waals surface area contributed by atoms with Gasteiger partial charge in [0.25, 0.3) is 5.91 Å². The fourth-order valence-electron chi connectivity index (χ4n) is 1.56. The van der Waals surface area contributed by atoms with Crippen LogP contribution in [-0.2, 0) is 6.42 Å². The number of nitrogens with zero attached hydrogens (tertiary/aromatic N) is 1. The van der Waals surface area contributed by atoms with E-state index in [2.05, 4.69) is 24.1 Å². The summed E-state index contributed by atoms with van der Waals surface area (Å²) in [6.45, 7) is 5.59. The van der Waals surface area contributed by atoms with Gasteiger partial charge in [0.15, 0.2) is 0 Å². The van der Waals surface area contributed by atoms with Gasteiger partial charge < -0.3 is 11.1 Å². The van der Waals surface area contributed by atoms with Crippen molar-refractivity contribution in [3.63, 3.8) is 0 Å². The van der Waals surface area contributed by atoms with Crippen LogP contribution in [0.1, 0.15) is 42.2 Å². The molecule has 0 atom stereocenters. The Balaban J connectivity index is 0.00000289. The molecular formula is C12H22ClN3OS. The molecule has 0 aliphatic carbocycles. The lowest BCUT2D eigenvalue weighted by atomic mass is 10.0. The Labute approximate surface area is 119 Å². The number of thiazole rings is 1. The standard InChI is InChI=1S/C12H21N3OS.ClH/c1-3-9(4-2)7-14-12(16)10-8-17-11(15-10)5-6-13;/h8-9H,3-7,13H2,1-2H3,(H,14,16);1H. The first-order valence-electron chi connectivity index (χ1n) is 6.13. The van der Waals surface area contributed by atoms with Gasteiger partial charge in [-0.25, -0.2) is 4.98 Å². The van der Waals surface area contributed by atoms with Crippen LogP contribution in [0.25, 0.3) is 0 Å². The van der Waals surface area contributed by atoms with E-state index >= 15 is 0 Å². The quantitative estimate of drug-likeness (QED) is 0.809. The smallest absolute Gasteiger partial charge is 0.270 e. The summed E-state index contributed by atoms with van der Waals surface area (Å²) in [6.07, 6.45) is 2.92. The van der Waals surface area contributed by atoms with Gasteiger partial charge in [-0.05, 0) is 12.5 Å². The van der Waals surface area contributed by atoms with Crippen molar-refractivity contribution in [3.05, 3.63) is 16.1 Å². The fraction of sp³-hybridized carbons (Fsp3) is 0.667. The molecule has 0 saturated heterocycles. The predicted molar refractivity (Wildman–Crippen MR) is 78.5 cm³/mol. The maximum absolute atomic E-state index is 11.8. The second-order valence-electron chi connectivity index (χ2n) is 4.06. The van der Waals surface area contributed by atoms with Gasteiger partial charge in [0.2, 0.25) is 0 Å². The lowest BCUT2D eigenvalue weighted by Crippen LogP contribution is -2.29. The number of rotatable bonds is 7. The van der Waals surface area contributed by atoms with Crippen molar-refractivity contribution < 1.29 is 4.79 Å².